The zero-order chi connectivity index (χ0) is 22.0. The van der Waals surface area contributed by atoms with Crippen LogP contribution in [0.25, 0.3) is 21.5 Å². The van der Waals surface area contributed by atoms with Crippen molar-refractivity contribution in [3.63, 3.8) is 0 Å². The number of benzene rings is 3. The summed E-state index contributed by atoms with van der Waals surface area (Å²) in [5, 5.41) is 3.74. The highest BCUT2D eigenvalue weighted by molar-refractivity contribution is 6.19. The summed E-state index contributed by atoms with van der Waals surface area (Å²) in [5.41, 5.74) is 1.42. The Balaban J connectivity index is 2.15. The number of fused-ring (bicyclic) bond motifs is 2. The van der Waals surface area contributed by atoms with E-state index in [4.69, 9.17) is 23.2 Å². The van der Waals surface area contributed by atoms with E-state index in [9.17, 15) is 9.59 Å². The molecule has 0 aliphatic heterocycles. The molecule has 0 N–H and O–H groups in total. The number of halogens is 2. The molecule has 0 fully saturated rings. The lowest BCUT2D eigenvalue weighted by molar-refractivity contribution is 0.0894. The van der Waals surface area contributed by atoms with E-state index in [0.29, 0.717) is 22.9 Å². The van der Waals surface area contributed by atoms with Crippen LogP contribution < -0.4 is 0 Å². The Morgan fingerprint density at radius 2 is 1.07 bits per heavy atom. The molecule has 158 valence electrons. The van der Waals surface area contributed by atoms with E-state index in [1.54, 1.807) is 0 Å². The first-order chi connectivity index (χ1) is 14.3. The first kappa shape index (κ1) is 22.8. The maximum Gasteiger partial charge on any atom is 0.166 e. The number of hydrogen-bond acceptors (Lipinski definition) is 2. The van der Waals surface area contributed by atoms with Crippen LogP contribution in [0.15, 0.2) is 48.5 Å². The first-order valence-corrected chi connectivity index (χ1v) is 11.5. The van der Waals surface area contributed by atoms with Crippen molar-refractivity contribution in [3.05, 3.63) is 59.7 Å². The Hall–Kier alpha value is -1.90. The number of ketones is 2. The summed E-state index contributed by atoms with van der Waals surface area (Å²) in [6.07, 6.45) is 0. The average molecular weight is 443 g/mol. The van der Waals surface area contributed by atoms with Gasteiger partial charge in [0.1, 0.15) is 0 Å². The number of hydrogen-bond donors (Lipinski definition) is 0. The molecule has 0 spiro atoms. The van der Waals surface area contributed by atoms with E-state index in [1.807, 2.05) is 76.2 Å². The van der Waals surface area contributed by atoms with Crippen molar-refractivity contribution in [3.8, 4) is 0 Å². The van der Waals surface area contributed by atoms with Gasteiger partial charge in [-0.3, -0.25) is 9.59 Å². The van der Waals surface area contributed by atoms with Gasteiger partial charge in [-0.2, -0.15) is 0 Å². The van der Waals surface area contributed by atoms with Crippen molar-refractivity contribution in [2.45, 2.75) is 27.7 Å². The molecule has 0 heterocycles. The predicted octanol–water partition coefficient (Wildman–Crippen LogP) is 7.38. The second-order valence-corrected chi connectivity index (χ2v) is 9.09. The van der Waals surface area contributed by atoms with Crippen LogP contribution in [0.1, 0.15) is 48.4 Å². The highest BCUT2D eigenvalue weighted by atomic mass is 35.5. The topological polar surface area (TPSA) is 34.1 Å². The van der Waals surface area contributed by atoms with Gasteiger partial charge in [0.15, 0.2) is 11.6 Å². The number of carbonyl (C=O) groups is 2. The molecule has 0 aliphatic rings. The standard InChI is InChI=1S/C26H28Cl2O2/c1-15(13-27)17(3)25(29)21-9-5-7-19-12-24-20(11-23(19)21)8-6-10-22(24)26(30)18(4)16(2)14-28/h5-12,15-18H,13-14H2,1-4H3. The van der Waals surface area contributed by atoms with Gasteiger partial charge in [-0.25, -0.2) is 0 Å². The molecule has 4 atom stereocenters. The molecule has 0 aromatic heterocycles. The molecule has 0 aliphatic carbocycles. The van der Waals surface area contributed by atoms with E-state index in [0.717, 1.165) is 21.5 Å². The van der Waals surface area contributed by atoms with Gasteiger partial charge in [-0.1, -0.05) is 64.1 Å². The van der Waals surface area contributed by atoms with Gasteiger partial charge in [0.25, 0.3) is 0 Å². The quantitative estimate of drug-likeness (QED) is 0.207. The van der Waals surface area contributed by atoms with Crippen molar-refractivity contribution >= 4 is 56.3 Å². The number of alkyl halides is 2. The summed E-state index contributed by atoms with van der Waals surface area (Å²) < 4.78 is 0. The van der Waals surface area contributed by atoms with Gasteiger partial charge in [-0.15, -0.1) is 23.2 Å². The highest BCUT2D eigenvalue weighted by Crippen LogP contribution is 2.31. The molecule has 0 saturated carbocycles. The smallest absolute Gasteiger partial charge is 0.166 e. The lowest BCUT2D eigenvalue weighted by atomic mass is 9.85. The van der Waals surface area contributed by atoms with Crippen LogP contribution in [0.3, 0.4) is 0 Å². The van der Waals surface area contributed by atoms with Crippen molar-refractivity contribution in [1.82, 2.24) is 0 Å². The minimum absolute atomic E-state index is 0.101. The largest absolute Gasteiger partial charge is 0.294 e. The molecule has 2 nitrogen and oxygen atoms in total. The summed E-state index contributed by atoms with van der Waals surface area (Å²) >= 11 is 12.0. The monoisotopic (exact) mass is 442 g/mol. The molecule has 4 unspecified atom stereocenters. The second-order valence-electron chi connectivity index (χ2n) is 8.47. The summed E-state index contributed by atoms with van der Waals surface area (Å²) in [4.78, 5) is 26.3. The van der Waals surface area contributed by atoms with Gasteiger partial charge in [0.2, 0.25) is 0 Å². The Labute approximate surface area is 188 Å². The highest BCUT2D eigenvalue weighted by Gasteiger charge is 2.24. The predicted molar refractivity (Wildman–Crippen MR) is 128 cm³/mol. The van der Waals surface area contributed by atoms with Crippen molar-refractivity contribution in [2.24, 2.45) is 23.7 Å². The van der Waals surface area contributed by atoms with Gasteiger partial charge >= 0.3 is 0 Å². The zero-order valence-electron chi connectivity index (χ0n) is 17.9. The van der Waals surface area contributed by atoms with E-state index < -0.39 is 0 Å². The van der Waals surface area contributed by atoms with Crippen molar-refractivity contribution in [2.75, 3.05) is 11.8 Å². The molecule has 3 rings (SSSR count). The molecule has 0 saturated heterocycles. The van der Waals surface area contributed by atoms with Gasteiger partial charge in [0, 0.05) is 34.7 Å². The minimum Gasteiger partial charge on any atom is -0.294 e. The van der Waals surface area contributed by atoms with Crippen LogP contribution in [0.5, 0.6) is 0 Å². The normalized spacial score (nSPS) is 15.7. The fraction of sp³-hybridized carbons (Fsp3) is 0.385. The Morgan fingerprint density at radius 3 is 1.40 bits per heavy atom. The lowest BCUT2D eigenvalue weighted by Crippen LogP contribution is -2.20. The summed E-state index contributed by atoms with van der Waals surface area (Å²) in [6.45, 7) is 7.87. The maximum atomic E-state index is 13.1. The summed E-state index contributed by atoms with van der Waals surface area (Å²) in [7, 11) is 0. The fourth-order valence-corrected chi connectivity index (χ4v) is 4.29. The molecule has 3 aromatic carbocycles. The number of rotatable bonds is 8. The van der Waals surface area contributed by atoms with E-state index in [-0.39, 0.29) is 35.2 Å². The first-order valence-electron chi connectivity index (χ1n) is 10.5. The molecule has 0 amide bonds. The SMILES string of the molecule is CC(CCl)C(C)C(=O)c1cccc2cc3c(C(=O)C(C)C(C)CCl)cccc3cc12. The van der Waals surface area contributed by atoms with Gasteiger partial charge in [-0.05, 0) is 45.5 Å². The molecule has 0 bridgehead atoms. The third kappa shape index (κ3) is 4.26. The van der Waals surface area contributed by atoms with Crippen LogP contribution in [0.4, 0.5) is 0 Å². The molecular formula is C26H28Cl2O2. The van der Waals surface area contributed by atoms with Crippen LogP contribution >= 0.6 is 23.2 Å². The Kier molecular flexibility index (Phi) is 7.21. The molecule has 3 aromatic rings. The summed E-state index contributed by atoms with van der Waals surface area (Å²) in [5.74, 6) is 0.990. The maximum absolute atomic E-state index is 13.1. The molecular weight excluding hydrogens is 415 g/mol. The Morgan fingerprint density at radius 1 is 0.700 bits per heavy atom. The molecule has 30 heavy (non-hydrogen) atoms. The zero-order valence-corrected chi connectivity index (χ0v) is 19.4. The van der Waals surface area contributed by atoms with E-state index >= 15 is 0 Å². The average Bonchev–Trinajstić information content (AvgIpc) is 2.78. The van der Waals surface area contributed by atoms with Gasteiger partial charge in [0.05, 0.1) is 0 Å². The Bertz CT molecular complexity index is 1000. The van der Waals surface area contributed by atoms with Crippen LogP contribution in [-0.2, 0) is 0 Å². The van der Waals surface area contributed by atoms with Crippen LogP contribution in [-0.4, -0.2) is 23.3 Å². The van der Waals surface area contributed by atoms with E-state index in [1.165, 1.54) is 0 Å². The third-order valence-electron chi connectivity index (χ3n) is 6.43. The summed E-state index contributed by atoms with van der Waals surface area (Å²) in [6, 6.07) is 15.6. The van der Waals surface area contributed by atoms with E-state index in [2.05, 4.69) is 0 Å². The van der Waals surface area contributed by atoms with Crippen molar-refractivity contribution in [1.29, 1.82) is 0 Å². The molecule has 4 heteroatoms. The minimum atomic E-state index is -0.158. The lowest BCUT2D eigenvalue weighted by Gasteiger charge is -2.19. The number of Topliss-reactive ketones (excluding diaryl/α,β-unsaturated/α-hetero) is 2. The van der Waals surface area contributed by atoms with Gasteiger partial charge < -0.3 is 0 Å². The second kappa shape index (κ2) is 9.49. The molecule has 0 radical (unpaired) electrons. The van der Waals surface area contributed by atoms with Crippen LogP contribution in [0.2, 0.25) is 0 Å². The van der Waals surface area contributed by atoms with Crippen LogP contribution in [0, 0.1) is 23.7 Å². The van der Waals surface area contributed by atoms with Crippen molar-refractivity contribution < 1.29 is 9.59 Å². The fourth-order valence-electron chi connectivity index (χ4n) is 3.76. The third-order valence-corrected chi connectivity index (χ3v) is 7.40. The number of carbonyl (C=O) groups excluding carboxylic acids is 2.